The third-order valence-electron chi connectivity index (χ3n) is 19.5. The van der Waals surface area contributed by atoms with Gasteiger partial charge in [0.05, 0.1) is 0 Å². The lowest BCUT2D eigenvalue weighted by Crippen LogP contribution is -2.41. The lowest BCUT2D eigenvalue weighted by Gasteiger charge is -2.37. The highest BCUT2D eigenvalue weighted by Gasteiger charge is 2.48. The summed E-state index contributed by atoms with van der Waals surface area (Å²) in [5, 5.41) is 5.57. The molecule has 5 atom stereocenters. The Morgan fingerprint density at radius 1 is 0.384 bits per heavy atom. The van der Waals surface area contributed by atoms with Crippen molar-refractivity contribution in [1.29, 1.82) is 0 Å². The molecule has 0 aliphatic heterocycles. The van der Waals surface area contributed by atoms with Crippen LogP contribution in [0.3, 0.4) is 0 Å². The van der Waals surface area contributed by atoms with Crippen LogP contribution in [0.4, 0.5) is 0 Å². The van der Waals surface area contributed by atoms with Gasteiger partial charge in [0.15, 0.2) is 0 Å². The quantitative estimate of drug-likeness (QED) is 0.165. The van der Waals surface area contributed by atoms with Gasteiger partial charge in [-0.1, -0.05) is 218 Å². The zero-order valence-electron chi connectivity index (χ0n) is 43.1. The highest BCUT2D eigenvalue weighted by molar-refractivity contribution is 5.92. The molecule has 0 nitrogen and oxygen atoms in total. The van der Waals surface area contributed by atoms with Crippen LogP contribution in [0.25, 0.3) is 50.1 Å². The molecule has 0 bridgehead atoms. The molecule has 0 heterocycles. The average molecular weight is 939 g/mol. The third kappa shape index (κ3) is 5.96. The molecule has 0 N–H and O–H groups in total. The van der Waals surface area contributed by atoms with E-state index >= 15 is 0 Å². The second-order valence-corrected chi connectivity index (χ2v) is 24.1. The second-order valence-electron chi connectivity index (χ2n) is 24.1. The molecule has 0 amide bonds. The van der Waals surface area contributed by atoms with Gasteiger partial charge in [-0.2, -0.15) is 0 Å². The minimum absolute atomic E-state index is 0.0413. The van der Waals surface area contributed by atoms with Crippen molar-refractivity contribution in [1.82, 2.24) is 0 Å². The van der Waals surface area contributed by atoms with E-state index in [9.17, 15) is 0 Å². The van der Waals surface area contributed by atoms with Crippen molar-refractivity contribution in [2.45, 2.75) is 77.0 Å². The maximum atomic E-state index is 2.63. The monoisotopic (exact) mass is 938 g/mol. The number of hydrogen-bond donors (Lipinski definition) is 0. The second kappa shape index (κ2) is 15.4. The summed E-state index contributed by atoms with van der Waals surface area (Å²) in [5.41, 5.74) is 27.2. The van der Waals surface area contributed by atoms with Gasteiger partial charge in [0.2, 0.25) is 0 Å². The first-order valence-electron chi connectivity index (χ1n) is 27.2. The van der Waals surface area contributed by atoms with Gasteiger partial charge in [0.1, 0.15) is 0 Å². The fourth-order valence-electron chi connectivity index (χ4n) is 15.8. The maximum Gasteiger partial charge on any atom is 0.0159 e. The van der Waals surface area contributed by atoms with E-state index in [1.165, 1.54) is 127 Å². The molecular weight excluding hydrogens is 877 g/mol. The number of allylic oxidation sites excluding steroid dienone is 16. The number of benzene rings is 6. The van der Waals surface area contributed by atoms with Gasteiger partial charge < -0.3 is 0 Å². The zero-order valence-corrected chi connectivity index (χ0v) is 43.1. The number of hydrogen-bond acceptors (Lipinski definition) is 0. The molecule has 354 valence electrons. The van der Waals surface area contributed by atoms with E-state index in [0.29, 0.717) is 11.8 Å². The van der Waals surface area contributed by atoms with Gasteiger partial charge >= 0.3 is 0 Å². The molecule has 0 saturated carbocycles. The topological polar surface area (TPSA) is 0 Å². The zero-order chi connectivity index (χ0) is 49.1. The van der Waals surface area contributed by atoms with Gasteiger partial charge in [0, 0.05) is 34.5 Å². The first kappa shape index (κ1) is 43.3. The van der Waals surface area contributed by atoms with E-state index in [4.69, 9.17) is 0 Å². The average Bonchev–Trinajstić information content (AvgIpc) is 3.89. The molecular formula is C73H62. The normalized spacial score (nSPS) is 25.0. The number of rotatable bonds is 4. The molecule has 9 aliphatic rings. The lowest BCUT2D eigenvalue weighted by molar-refractivity contribution is 0.409. The Bertz CT molecular complexity index is 4040. The molecule has 6 aromatic carbocycles. The predicted molar refractivity (Wildman–Crippen MR) is 305 cm³/mol. The summed E-state index contributed by atoms with van der Waals surface area (Å²) in [6.45, 7) is 14.8. The SMILES string of the molecule is CC1(C)c2ccccc2-c2ccc(C3=c4ccccc4=C(C4=CC=C5c6cc7c(cc6C(C)(C)C5C4)-c4ccc(C5=c6ccccc6=C(C6=CC=CCC6)C6C=CC=CC56)cc4C7(C)C)C4C=CC=CC34)cc21. The first-order valence-corrected chi connectivity index (χ1v) is 27.2. The minimum Gasteiger partial charge on any atom is -0.0842 e. The molecule has 0 fully saturated rings. The van der Waals surface area contributed by atoms with Crippen LogP contribution in [-0.4, -0.2) is 0 Å². The van der Waals surface area contributed by atoms with Gasteiger partial charge in [-0.3, -0.25) is 0 Å². The van der Waals surface area contributed by atoms with Gasteiger partial charge in [-0.15, -0.1) is 0 Å². The molecule has 15 rings (SSSR count). The summed E-state index contributed by atoms with van der Waals surface area (Å²) in [6, 6.07) is 47.7. The molecule has 0 heteroatoms. The fraction of sp³-hybridized carbons (Fsp3) is 0.233. The van der Waals surface area contributed by atoms with Crippen molar-refractivity contribution in [3.63, 3.8) is 0 Å². The van der Waals surface area contributed by atoms with E-state index in [1.807, 2.05) is 0 Å². The van der Waals surface area contributed by atoms with Crippen LogP contribution in [-0.2, 0) is 16.2 Å². The minimum atomic E-state index is -0.147. The first-order chi connectivity index (χ1) is 35.5. The van der Waals surface area contributed by atoms with Crippen LogP contribution < -0.4 is 20.9 Å². The summed E-state index contributed by atoms with van der Waals surface area (Å²) in [4.78, 5) is 0. The van der Waals surface area contributed by atoms with Crippen molar-refractivity contribution in [3.05, 3.63) is 277 Å². The summed E-state index contributed by atoms with van der Waals surface area (Å²) < 4.78 is 0. The smallest absolute Gasteiger partial charge is 0.0159 e. The standard InChI is InChI=1S/C73H62/c1-71(2)61-31-19-18-22-47(61)48-35-32-44(38-62(48)71)69-55-27-14-16-29-57(55)70(58-30-17-15-28-56(58)69)46-34-37-50-60-42-65-59(41-66(60)73(5,6)64(50)40-46)49-36-33-45(39-63(49)72(65,3)4)68-53-25-12-10-23-51(53)67(43-20-8-7-9-21-43)52-24-11-13-26-54(52)68/h7-8,10-20,22-39,41-42,51,53,55,57,64H,9,21,40H2,1-6H3. The van der Waals surface area contributed by atoms with Crippen molar-refractivity contribution >= 4 is 27.9 Å². The Kier molecular flexibility index (Phi) is 9.12. The van der Waals surface area contributed by atoms with Crippen molar-refractivity contribution in [2.24, 2.45) is 29.6 Å². The van der Waals surface area contributed by atoms with E-state index in [-0.39, 0.29) is 34.0 Å². The highest BCUT2D eigenvalue weighted by Crippen LogP contribution is 2.60. The van der Waals surface area contributed by atoms with E-state index in [0.717, 1.165) is 19.3 Å². The van der Waals surface area contributed by atoms with Gasteiger partial charge in [-0.25, -0.2) is 0 Å². The Hall–Kier alpha value is -7.28. The van der Waals surface area contributed by atoms with Crippen LogP contribution in [0.15, 0.2) is 211 Å². The molecule has 0 radical (unpaired) electrons. The molecule has 0 spiro atoms. The van der Waals surface area contributed by atoms with Crippen LogP contribution in [0.1, 0.15) is 105 Å². The Morgan fingerprint density at radius 3 is 1.45 bits per heavy atom. The van der Waals surface area contributed by atoms with Crippen LogP contribution in [0.2, 0.25) is 0 Å². The Morgan fingerprint density at radius 2 is 0.863 bits per heavy atom. The van der Waals surface area contributed by atoms with Crippen molar-refractivity contribution < 1.29 is 0 Å². The number of fused-ring (bicyclic) bond motifs is 13. The fourth-order valence-corrected chi connectivity index (χ4v) is 15.8. The van der Waals surface area contributed by atoms with Crippen LogP contribution in [0, 0.1) is 29.6 Å². The van der Waals surface area contributed by atoms with Gasteiger partial charge in [-0.05, 0) is 182 Å². The Labute approximate surface area is 431 Å². The summed E-state index contributed by atoms with van der Waals surface area (Å²) in [5.74, 6) is 1.51. The molecule has 0 saturated heterocycles. The van der Waals surface area contributed by atoms with Crippen LogP contribution >= 0.6 is 0 Å². The molecule has 9 aliphatic carbocycles. The predicted octanol–water partition coefficient (Wildman–Crippen LogP) is 14.3. The van der Waals surface area contributed by atoms with E-state index in [1.54, 1.807) is 0 Å². The highest BCUT2D eigenvalue weighted by atomic mass is 14.5. The van der Waals surface area contributed by atoms with Crippen molar-refractivity contribution in [3.8, 4) is 22.3 Å². The molecule has 73 heavy (non-hydrogen) atoms. The Balaban J connectivity index is 0.838. The van der Waals surface area contributed by atoms with E-state index in [2.05, 4.69) is 242 Å². The lowest BCUT2D eigenvalue weighted by atomic mass is 9.66. The van der Waals surface area contributed by atoms with Crippen LogP contribution in [0.5, 0.6) is 0 Å². The summed E-state index contributed by atoms with van der Waals surface area (Å²) in [7, 11) is 0. The molecule has 5 unspecified atom stereocenters. The van der Waals surface area contributed by atoms with E-state index < -0.39 is 0 Å². The summed E-state index contributed by atoms with van der Waals surface area (Å²) >= 11 is 0. The summed E-state index contributed by atoms with van der Waals surface area (Å²) in [6.07, 6.45) is 34.3. The molecule has 6 aromatic rings. The maximum absolute atomic E-state index is 2.63. The molecule has 0 aromatic heterocycles. The van der Waals surface area contributed by atoms with Gasteiger partial charge in [0.25, 0.3) is 0 Å². The third-order valence-corrected chi connectivity index (χ3v) is 19.5. The van der Waals surface area contributed by atoms with Crippen molar-refractivity contribution in [2.75, 3.05) is 0 Å². The largest absolute Gasteiger partial charge is 0.0842 e.